The third-order valence-corrected chi connectivity index (χ3v) is 17.4. The average molecular weight is 1390 g/mol. The Labute approximate surface area is 571 Å². The molecule has 30 heteroatoms. The van der Waals surface area contributed by atoms with Crippen LogP contribution in [-0.2, 0) is 14.4 Å². The predicted octanol–water partition coefficient (Wildman–Crippen LogP) is 11.1. The molecule has 9 aromatic rings. The van der Waals surface area contributed by atoms with Crippen LogP contribution >= 0.6 is 34.8 Å². The molecule has 3 aromatic heterocycles. The summed E-state index contributed by atoms with van der Waals surface area (Å²) in [5.74, 6) is 1.50. The zero-order valence-corrected chi connectivity index (χ0v) is 56.7. The molecule has 3 saturated heterocycles. The van der Waals surface area contributed by atoms with Gasteiger partial charge in [0.15, 0.2) is 51.9 Å². The van der Waals surface area contributed by atoms with Crippen LogP contribution in [0, 0.1) is 17.5 Å². The van der Waals surface area contributed by atoms with Gasteiger partial charge >= 0.3 is 5.97 Å². The molecule has 2 amide bonds. The number of fused-ring (bicyclic) bond motifs is 3. The van der Waals surface area contributed by atoms with Crippen LogP contribution in [0.3, 0.4) is 0 Å². The van der Waals surface area contributed by atoms with E-state index in [1.54, 1.807) is 137 Å². The number of amides is 2. The molecule has 510 valence electrons. The van der Waals surface area contributed by atoms with Crippen LogP contribution in [0.25, 0.3) is 32.7 Å². The zero-order valence-electron chi connectivity index (χ0n) is 54.4. The van der Waals surface area contributed by atoms with E-state index in [9.17, 15) is 32.7 Å². The van der Waals surface area contributed by atoms with Gasteiger partial charge in [0, 0.05) is 101 Å². The number of nitrogens with zero attached hydrogens (tertiary/aromatic N) is 11. The first-order valence-corrected chi connectivity index (χ1v) is 31.4. The Kier molecular flexibility index (Phi) is 22.2. The Balaban J connectivity index is 0.000000158. The van der Waals surface area contributed by atoms with Crippen molar-refractivity contribution in [2.45, 2.75) is 55.7 Å². The van der Waals surface area contributed by atoms with Gasteiger partial charge in [-0.05, 0) is 75.7 Å². The second kappa shape index (κ2) is 30.7. The molecular weight excluding hydrogens is 1320 g/mol. The van der Waals surface area contributed by atoms with Crippen molar-refractivity contribution < 1.29 is 61.1 Å². The minimum atomic E-state index is -0.887. The number of hydrogen-bond donors (Lipinski definition) is 4. The summed E-state index contributed by atoms with van der Waals surface area (Å²) < 4.78 is 78.4. The van der Waals surface area contributed by atoms with Crippen molar-refractivity contribution in [2.75, 3.05) is 106 Å². The van der Waals surface area contributed by atoms with Gasteiger partial charge in [-0.15, -0.1) is 0 Å². The van der Waals surface area contributed by atoms with Crippen molar-refractivity contribution in [1.82, 2.24) is 54.4 Å². The number of hydrogen-bond acceptors (Lipinski definition) is 21. The van der Waals surface area contributed by atoms with Gasteiger partial charge < -0.3 is 59.3 Å². The number of halogens is 6. The van der Waals surface area contributed by atoms with Crippen molar-refractivity contribution in [2.24, 2.45) is 0 Å². The SMILES string of the molecule is COc1cc2ncnc(Nc3cccc(Cl)c3F)c2cc1O[C@@H]1CC(C(=O)O)N(C)C1.COc1cc2ncnc(Nc3cccc(Cl)c3F)c2cc1O[C@@H]1C[C@@H](C(=O)N(C)C)N(C)C1.COc1cc2ncnc(Nc3cccc(Cl)c3F)c2cc1O[C@@H]1C[C@H](C(=O)N(C)C)N(C)C1. The first-order valence-electron chi connectivity index (χ1n) is 30.3. The highest BCUT2D eigenvalue weighted by Crippen LogP contribution is 2.41. The van der Waals surface area contributed by atoms with E-state index in [0.717, 1.165) is 0 Å². The number of methoxy groups -OCH3 is 3. The van der Waals surface area contributed by atoms with E-state index in [1.807, 2.05) is 23.9 Å². The fourth-order valence-corrected chi connectivity index (χ4v) is 12.1. The number of carboxylic acid groups (broad SMARTS) is 1. The second-order valence-corrected chi connectivity index (χ2v) is 24.7. The van der Waals surface area contributed by atoms with Gasteiger partial charge in [0.25, 0.3) is 0 Å². The van der Waals surface area contributed by atoms with Crippen LogP contribution in [0.5, 0.6) is 34.5 Å². The lowest BCUT2D eigenvalue weighted by Crippen LogP contribution is -2.40. The lowest BCUT2D eigenvalue weighted by atomic mass is 10.1. The van der Waals surface area contributed by atoms with Crippen LogP contribution in [0.2, 0.25) is 15.1 Å². The van der Waals surface area contributed by atoms with Crippen LogP contribution in [0.4, 0.5) is 47.7 Å². The van der Waals surface area contributed by atoms with Crippen LogP contribution in [-0.4, -0.2) is 204 Å². The monoisotopic (exact) mass is 1390 g/mol. The molecule has 0 bridgehead atoms. The number of nitrogens with one attached hydrogen (secondary N) is 3. The normalized spacial score (nSPS) is 18.5. The Morgan fingerprint density at radius 3 is 1.02 bits per heavy atom. The number of rotatable bonds is 18. The summed E-state index contributed by atoms with van der Waals surface area (Å²) in [6, 6.07) is 23.3. The highest BCUT2D eigenvalue weighted by molar-refractivity contribution is 6.31. The predicted molar refractivity (Wildman–Crippen MR) is 364 cm³/mol. The molecule has 6 atom stereocenters. The zero-order chi connectivity index (χ0) is 69.5. The molecule has 3 aliphatic rings. The van der Waals surface area contributed by atoms with Crippen molar-refractivity contribution >= 4 is 120 Å². The van der Waals surface area contributed by atoms with Gasteiger partial charge in [0.2, 0.25) is 11.8 Å². The Morgan fingerprint density at radius 1 is 0.464 bits per heavy atom. The second-order valence-electron chi connectivity index (χ2n) is 23.5. The number of benzene rings is 6. The standard InChI is InChI=1S/2C23H25ClFN5O3.C21H20ClFN4O4/c2*1-29(2)23(31)18-8-13(11-30(18)3)33-20-9-14-17(10-19(20)32-4)26-12-27-22(14)28-16-7-5-6-15(24)21(16)25;1-27-9-11(6-16(27)21(28)29)31-18-7-12-15(8-17(18)30-2)24-10-25-20(12)26-14-5-3-4-13(22)19(14)23/h2*5-7,9-10,12-13,18H,8,11H2,1-4H3,(H,26,27,28);3-5,7-8,10-11,16H,6,9H2,1-2H3,(H,28,29)(H,24,25,26)/t13-,18+;13-,18-;11-,16?/m111/s1. The Bertz CT molecular complexity index is 4210. The lowest BCUT2D eigenvalue weighted by molar-refractivity contribution is -0.141. The summed E-state index contributed by atoms with van der Waals surface area (Å²) in [4.78, 5) is 70.9. The number of carbonyl (C=O) groups excluding carboxylic acids is 2. The minimum Gasteiger partial charge on any atom is -0.493 e. The highest BCUT2D eigenvalue weighted by Gasteiger charge is 2.39. The molecule has 97 heavy (non-hydrogen) atoms. The smallest absolute Gasteiger partial charge is 0.321 e. The topological polar surface area (TPSA) is 256 Å². The fourth-order valence-electron chi connectivity index (χ4n) is 11.5. The molecule has 0 saturated carbocycles. The van der Waals surface area contributed by atoms with E-state index in [-0.39, 0.29) is 74.3 Å². The van der Waals surface area contributed by atoms with E-state index in [4.69, 9.17) is 63.2 Å². The molecule has 6 aromatic carbocycles. The van der Waals surface area contributed by atoms with E-state index in [1.165, 1.54) is 44.3 Å². The number of likely N-dealkylation sites (N-methyl/N-ethyl adjacent to an activating group) is 5. The van der Waals surface area contributed by atoms with Crippen molar-refractivity contribution in [3.8, 4) is 34.5 Å². The van der Waals surface area contributed by atoms with Gasteiger partial charge in [0.05, 0.1) is 82.1 Å². The van der Waals surface area contributed by atoms with Gasteiger partial charge in [-0.25, -0.2) is 43.1 Å². The molecule has 24 nitrogen and oxygen atoms in total. The number of anilines is 6. The van der Waals surface area contributed by atoms with Gasteiger partial charge in [-0.2, -0.15) is 0 Å². The van der Waals surface area contributed by atoms with Crippen molar-refractivity contribution in [1.29, 1.82) is 0 Å². The molecular formula is C67H70Cl3F3N14O10. The molecule has 1 unspecified atom stereocenters. The average Bonchev–Trinajstić information content (AvgIpc) is 1.17. The minimum absolute atomic E-state index is 0.00705. The third-order valence-electron chi connectivity index (χ3n) is 16.5. The molecule has 0 spiro atoms. The van der Waals surface area contributed by atoms with E-state index < -0.39 is 29.5 Å². The largest absolute Gasteiger partial charge is 0.493 e. The molecule has 3 aliphatic heterocycles. The summed E-state index contributed by atoms with van der Waals surface area (Å²) in [5.41, 5.74) is 2.33. The summed E-state index contributed by atoms with van der Waals surface area (Å²) in [5, 5.41) is 20.1. The summed E-state index contributed by atoms with van der Waals surface area (Å²) in [6.07, 6.45) is 4.84. The number of carbonyl (C=O) groups is 3. The summed E-state index contributed by atoms with van der Waals surface area (Å²) in [6.45, 7) is 1.65. The molecule has 3 fully saturated rings. The van der Waals surface area contributed by atoms with Gasteiger partial charge in [0.1, 0.15) is 60.8 Å². The fraction of sp³-hybridized carbons (Fsp3) is 0.328. The maximum atomic E-state index is 14.4. The molecule has 12 rings (SSSR count). The number of aromatic nitrogens is 6. The molecule has 4 N–H and O–H groups in total. The summed E-state index contributed by atoms with van der Waals surface area (Å²) >= 11 is 17.7. The lowest BCUT2D eigenvalue weighted by Gasteiger charge is -2.21. The number of aliphatic carboxylic acids is 1. The van der Waals surface area contributed by atoms with Crippen LogP contribution in [0.1, 0.15) is 19.3 Å². The number of ether oxygens (including phenoxy) is 6. The van der Waals surface area contributed by atoms with Gasteiger partial charge in [-0.1, -0.05) is 53.0 Å². The summed E-state index contributed by atoms with van der Waals surface area (Å²) in [7, 11) is 17.1. The van der Waals surface area contributed by atoms with Crippen molar-refractivity contribution in [3.05, 3.63) is 142 Å². The maximum absolute atomic E-state index is 14.4. The van der Waals surface area contributed by atoms with Gasteiger partial charge in [-0.3, -0.25) is 29.1 Å². The Hall–Kier alpha value is -9.51. The molecule has 0 aliphatic carbocycles. The van der Waals surface area contributed by atoms with E-state index in [0.29, 0.717) is 124 Å². The number of carboxylic acids is 1. The van der Waals surface area contributed by atoms with Crippen LogP contribution < -0.4 is 44.4 Å². The van der Waals surface area contributed by atoms with E-state index in [2.05, 4.69) is 45.9 Å². The Morgan fingerprint density at radius 2 is 0.753 bits per heavy atom. The first-order chi connectivity index (χ1) is 46.4. The highest BCUT2D eigenvalue weighted by atomic mass is 35.5. The quantitative estimate of drug-likeness (QED) is 0.0622. The molecule has 6 heterocycles. The first kappa shape index (κ1) is 70.3. The number of likely N-dealkylation sites (tertiary alicyclic amines) is 3. The van der Waals surface area contributed by atoms with Crippen molar-refractivity contribution in [3.63, 3.8) is 0 Å². The van der Waals surface area contributed by atoms with Crippen LogP contribution in [0.15, 0.2) is 110 Å². The maximum Gasteiger partial charge on any atom is 0.321 e. The molecule has 0 radical (unpaired) electrons. The third kappa shape index (κ3) is 16.0. The van der Waals surface area contributed by atoms with E-state index >= 15 is 0 Å².